The topological polar surface area (TPSA) is 71.3 Å². The zero-order valence-corrected chi connectivity index (χ0v) is 15.8. The Labute approximate surface area is 159 Å². The molecule has 0 bridgehead atoms. The number of unbranched alkanes of at least 4 members (excludes halogenated alkanes) is 1. The number of fused-ring (bicyclic) bond motifs is 1. The lowest BCUT2D eigenvalue weighted by atomic mass is 10.0. The molecule has 2 N–H and O–H groups in total. The Bertz CT molecular complexity index is 974. The van der Waals surface area contributed by atoms with Gasteiger partial charge >= 0.3 is 0 Å². The van der Waals surface area contributed by atoms with E-state index >= 15 is 0 Å². The van der Waals surface area contributed by atoms with Crippen LogP contribution < -0.4 is 10.6 Å². The summed E-state index contributed by atoms with van der Waals surface area (Å²) in [4.78, 5) is 21.3. The second-order valence-corrected chi connectivity index (χ2v) is 7.17. The van der Waals surface area contributed by atoms with Crippen molar-refractivity contribution in [3.8, 4) is 11.3 Å². The summed E-state index contributed by atoms with van der Waals surface area (Å²) >= 11 is 0. The number of imidazole rings is 1. The molecule has 0 unspecified atom stereocenters. The van der Waals surface area contributed by atoms with Crippen LogP contribution in [0.25, 0.3) is 16.9 Å². The minimum Gasteiger partial charge on any atom is -0.367 e. The molecule has 0 spiro atoms. The summed E-state index contributed by atoms with van der Waals surface area (Å²) in [5.74, 6) is 0.820. The highest BCUT2D eigenvalue weighted by atomic mass is 16.1. The van der Waals surface area contributed by atoms with Crippen molar-refractivity contribution in [1.82, 2.24) is 19.7 Å². The van der Waals surface area contributed by atoms with Crippen molar-refractivity contribution in [2.24, 2.45) is 0 Å². The second-order valence-electron chi connectivity index (χ2n) is 7.17. The average Bonchev–Trinajstić information content (AvgIpc) is 3.37. The molecule has 3 aromatic rings. The maximum absolute atomic E-state index is 12.4. The molecule has 6 nitrogen and oxygen atoms in total. The van der Waals surface area contributed by atoms with Gasteiger partial charge in [0.1, 0.15) is 0 Å². The first-order valence-corrected chi connectivity index (χ1v) is 9.65. The number of rotatable bonds is 7. The molecule has 1 saturated carbocycles. The van der Waals surface area contributed by atoms with E-state index in [1.54, 1.807) is 6.20 Å². The standard InChI is InChI=1S/C21H25N5O/c1-3-4-9-22-19-20-24-13-18(26(20)11-10-23-19)15-5-8-17(14(2)12-15)21(27)25-16-6-7-16/h5,8,10-13,16H,3-4,6-7,9H2,1-2H3,(H,22,23)(H,25,27). The third-order valence-electron chi connectivity index (χ3n) is 4.93. The summed E-state index contributed by atoms with van der Waals surface area (Å²) < 4.78 is 2.04. The first-order valence-electron chi connectivity index (χ1n) is 9.65. The molecule has 4 rings (SSSR count). The van der Waals surface area contributed by atoms with E-state index in [-0.39, 0.29) is 5.91 Å². The molecule has 27 heavy (non-hydrogen) atoms. The quantitative estimate of drug-likeness (QED) is 0.626. The third kappa shape index (κ3) is 3.65. The number of anilines is 1. The zero-order chi connectivity index (χ0) is 18.8. The lowest BCUT2D eigenvalue weighted by Gasteiger charge is -2.10. The van der Waals surface area contributed by atoms with Gasteiger partial charge in [-0.1, -0.05) is 19.4 Å². The molecule has 0 aliphatic heterocycles. The normalized spacial score (nSPS) is 13.7. The van der Waals surface area contributed by atoms with E-state index in [0.717, 1.165) is 66.1 Å². The molecule has 0 radical (unpaired) electrons. The van der Waals surface area contributed by atoms with Crippen LogP contribution in [0.3, 0.4) is 0 Å². The highest BCUT2D eigenvalue weighted by molar-refractivity contribution is 5.96. The molecule has 1 aromatic carbocycles. The number of aryl methyl sites for hydroxylation is 1. The van der Waals surface area contributed by atoms with Crippen LogP contribution in [0, 0.1) is 6.92 Å². The van der Waals surface area contributed by atoms with Crippen molar-refractivity contribution < 1.29 is 4.79 Å². The molecule has 6 heteroatoms. The predicted molar refractivity (Wildman–Crippen MR) is 107 cm³/mol. The highest BCUT2D eigenvalue weighted by Crippen LogP contribution is 2.26. The van der Waals surface area contributed by atoms with Crippen LogP contribution in [0.15, 0.2) is 36.8 Å². The van der Waals surface area contributed by atoms with Crippen molar-refractivity contribution >= 4 is 17.4 Å². The minimum atomic E-state index is 0.0197. The molecular formula is C21H25N5O. The highest BCUT2D eigenvalue weighted by Gasteiger charge is 2.24. The summed E-state index contributed by atoms with van der Waals surface area (Å²) in [6.45, 7) is 5.03. The average molecular weight is 363 g/mol. The first kappa shape index (κ1) is 17.5. The number of carbonyl (C=O) groups is 1. The van der Waals surface area contributed by atoms with E-state index in [1.807, 2.05) is 35.9 Å². The van der Waals surface area contributed by atoms with Gasteiger partial charge in [-0.05, 0) is 43.9 Å². The smallest absolute Gasteiger partial charge is 0.251 e. The Morgan fingerprint density at radius 2 is 2.15 bits per heavy atom. The zero-order valence-electron chi connectivity index (χ0n) is 15.8. The van der Waals surface area contributed by atoms with Crippen LogP contribution in [0.4, 0.5) is 5.82 Å². The van der Waals surface area contributed by atoms with Crippen molar-refractivity contribution in [1.29, 1.82) is 0 Å². The van der Waals surface area contributed by atoms with E-state index in [2.05, 4.69) is 33.6 Å². The van der Waals surface area contributed by atoms with E-state index in [1.165, 1.54) is 0 Å². The van der Waals surface area contributed by atoms with Gasteiger partial charge in [0.25, 0.3) is 5.91 Å². The van der Waals surface area contributed by atoms with Gasteiger partial charge in [-0.2, -0.15) is 0 Å². The van der Waals surface area contributed by atoms with Crippen LogP contribution >= 0.6 is 0 Å². The maximum atomic E-state index is 12.4. The largest absolute Gasteiger partial charge is 0.367 e. The molecule has 140 valence electrons. The van der Waals surface area contributed by atoms with Crippen LogP contribution in [0.2, 0.25) is 0 Å². The summed E-state index contributed by atoms with van der Waals surface area (Å²) in [5.41, 5.74) is 4.55. The molecule has 0 saturated heterocycles. The first-order chi connectivity index (χ1) is 13.2. The molecule has 2 heterocycles. The fraction of sp³-hybridized carbons (Fsp3) is 0.381. The van der Waals surface area contributed by atoms with Gasteiger partial charge in [-0.25, -0.2) is 9.97 Å². The number of hydrogen-bond acceptors (Lipinski definition) is 4. The molecule has 1 aliphatic carbocycles. The Hall–Kier alpha value is -2.89. The summed E-state index contributed by atoms with van der Waals surface area (Å²) in [7, 11) is 0. The number of amides is 1. The minimum absolute atomic E-state index is 0.0197. The Kier molecular flexibility index (Phi) is 4.79. The number of nitrogens with zero attached hydrogens (tertiary/aromatic N) is 3. The number of benzene rings is 1. The predicted octanol–water partition coefficient (Wildman–Crippen LogP) is 3.81. The Morgan fingerprint density at radius 3 is 2.89 bits per heavy atom. The van der Waals surface area contributed by atoms with Crippen LogP contribution in [0.1, 0.15) is 48.5 Å². The van der Waals surface area contributed by atoms with Gasteiger partial charge in [0.15, 0.2) is 11.5 Å². The van der Waals surface area contributed by atoms with E-state index in [0.29, 0.717) is 6.04 Å². The van der Waals surface area contributed by atoms with Crippen LogP contribution in [0.5, 0.6) is 0 Å². The number of carbonyl (C=O) groups excluding carboxylic acids is 1. The van der Waals surface area contributed by atoms with Crippen molar-refractivity contribution in [3.05, 3.63) is 47.9 Å². The summed E-state index contributed by atoms with van der Waals surface area (Å²) in [6, 6.07) is 6.31. The van der Waals surface area contributed by atoms with Gasteiger partial charge < -0.3 is 10.6 Å². The third-order valence-corrected chi connectivity index (χ3v) is 4.93. The lowest BCUT2D eigenvalue weighted by Crippen LogP contribution is -2.26. The Balaban J connectivity index is 1.63. The van der Waals surface area contributed by atoms with Crippen molar-refractivity contribution in [3.63, 3.8) is 0 Å². The van der Waals surface area contributed by atoms with Gasteiger partial charge in [-0.15, -0.1) is 0 Å². The number of nitrogens with one attached hydrogen (secondary N) is 2. The van der Waals surface area contributed by atoms with Gasteiger partial charge in [0.2, 0.25) is 0 Å². The summed E-state index contributed by atoms with van der Waals surface area (Å²) in [6.07, 6.45) is 9.99. The second kappa shape index (κ2) is 7.39. The number of aromatic nitrogens is 3. The SMILES string of the molecule is CCCCNc1nccn2c(-c3ccc(C(=O)NC4CC4)c(C)c3)cnc12. The molecular weight excluding hydrogens is 338 g/mol. The molecule has 1 fully saturated rings. The van der Waals surface area contributed by atoms with Gasteiger partial charge in [0, 0.05) is 36.1 Å². The van der Waals surface area contributed by atoms with Crippen LogP contribution in [-0.4, -0.2) is 32.9 Å². The van der Waals surface area contributed by atoms with Gasteiger partial charge in [-0.3, -0.25) is 9.20 Å². The molecule has 0 atom stereocenters. The van der Waals surface area contributed by atoms with E-state index < -0.39 is 0 Å². The molecule has 1 amide bonds. The van der Waals surface area contributed by atoms with Crippen molar-refractivity contribution in [2.45, 2.75) is 45.6 Å². The van der Waals surface area contributed by atoms with Gasteiger partial charge in [0.05, 0.1) is 11.9 Å². The maximum Gasteiger partial charge on any atom is 0.251 e. The molecule has 2 aromatic heterocycles. The van der Waals surface area contributed by atoms with E-state index in [9.17, 15) is 4.79 Å². The van der Waals surface area contributed by atoms with Crippen molar-refractivity contribution in [2.75, 3.05) is 11.9 Å². The fourth-order valence-electron chi connectivity index (χ4n) is 3.21. The van der Waals surface area contributed by atoms with E-state index in [4.69, 9.17) is 0 Å². The fourth-order valence-corrected chi connectivity index (χ4v) is 3.21. The molecule has 1 aliphatic rings. The number of hydrogen-bond donors (Lipinski definition) is 2. The monoisotopic (exact) mass is 363 g/mol. The lowest BCUT2D eigenvalue weighted by molar-refractivity contribution is 0.0950. The van der Waals surface area contributed by atoms with Crippen LogP contribution in [-0.2, 0) is 0 Å². The Morgan fingerprint density at radius 1 is 1.30 bits per heavy atom. The summed E-state index contributed by atoms with van der Waals surface area (Å²) in [5, 5.41) is 6.42.